The minimum Gasteiger partial charge on any atom is -0.507 e. The summed E-state index contributed by atoms with van der Waals surface area (Å²) in [6.45, 7) is 6.92. The van der Waals surface area contributed by atoms with E-state index in [4.69, 9.17) is 4.42 Å². The topological polar surface area (TPSA) is 296 Å². The largest absolute Gasteiger partial charge is 0.507 e. The van der Waals surface area contributed by atoms with Crippen molar-refractivity contribution in [1.29, 1.82) is 0 Å². The predicted molar refractivity (Wildman–Crippen MR) is 422 cm³/mol. The highest BCUT2D eigenvalue weighted by molar-refractivity contribution is 6.11. The van der Waals surface area contributed by atoms with Gasteiger partial charge in [0.05, 0.1) is 41.1 Å². The smallest absolute Gasteiger partial charge is 0.307 e. The van der Waals surface area contributed by atoms with Crippen molar-refractivity contribution >= 4 is 111 Å². The number of hydrogen-bond acceptors (Lipinski definition) is 14. The molecule has 14 aromatic rings. The molecule has 528 valence electrons. The summed E-state index contributed by atoms with van der Waals surface area (Å²) >= 11 is 0. The molecule has 0 unspecified atom stereocenters. The molecule has 2 heterocycles. The molecule has 14 rings (SSSR count). The van der Waals surface area contributed by atoms with Crippen molar-refractivity contribution < 1.29 is 49.1 Å². The van der Waals surface area contributed by atoms with Crippen LogP contribution in [0.25, 0.3) is 64.8 Å². The van der Waals surface area contributed by atoms with Crippen LogP contribution >= 0.6 is 0 Å². The number of amides is 4. The second-order valence-corrected chi connectivity index (χ2v) is 23.0. The van der Waals surface area contributed by atoms with Gasteiger partial charge in [0.1, 0.15) is 28.7 Å². The van der Waals surface area contributed by atoms with Crippen molar-refractivity contribution in [3.05, 3.63) is 306 Å². The van der Waals surface area contributed by atoms with Crippen molar-refractivity contribution in [1.82, 2.24) is 26.7 Å². The molecule has 2 aromatic heterocycles. The van der Waals surface area contributed by atoms with E-state index in [9.17, 15) is 44.7 Å². The first-order valence-corrected chi connectivity index (χ1v) is 31.6. The molecule has 0 saturated heterocycles. The number of phenolic OH excluding ortho intramolecular Hbond substituents is 5. The van der Waals surface area contributed by atoms with E-state index in [0.717, 1.165) is 65.1 Å². The van der Waals surface area contributed by atoms with Crippen molar-refractivity contribution in [2.75, 3.05) is 0 Å². The standard InChI is InChI=1S/C23H18N2O3.C22H19N3O2.C19H16N2O2.C17H14N2O3.4CH4/c1-14(18-11-10-15-6-4-5-9-19(15)22(18)27)24-25-23(28)20-12-16-7-2-3-8-17(16)13-21(20)26;1-14(18-11-10-15-6-2-4-8-19(15)22(18)27)24-25-21(26)13-17-12-16-7-3-5-9-20(16)23-17;1-13(20-21-19(23)15-8-3-2-4-9-15)16-12-11-14-7-5-6-10-17(14)18(16)22;1-11(18-19-17(21)15-7-4-10-22-15)13-9-8-12-5-2-3-6-14(12)16(13)20;;;;/h2-13,26-27H,1H3,(H,25,28);2-12,23,27H,13H2,1H3,(H,25,26);2-12,22H,1H3,(H,21,23);2-10,20H,1H3,(H,19,21);4*1H4/b2*24-14+;20-13+;18-11+;;;;. The zero-order valence-electron chi connectivity index (χ0n) is 54.6. The van der Waals surface area contributed by atoms with Crippen molar-refractivity contribution in [3.8, 4) is 28.7 Å². The van der Waals surface area contributed by atoms with Gasteiger partial charge in [-0.2, -0.15) is 20.4 Å². The van der Waals surface area contributed by atoms with Gasteiger partial charge in [-0.25, -0.2) is 21.7 Å². The third kappa shape index (κ3) is 18.4. The molecule has 104 heavy (non-hydrogen) atoms. The molecule has 19 heteroatoms. The summed E-state index contributed by atoms with van der Waals surface area (Å²) in [4.78, 5) is 51.7. The number of aromatic hydroxyl groups is 5. The van der Waals surface area contributed by atoms with Crippen LogP contribution in [0.1, 0.15) is 117 Å². The maximum absolute atomic E-state index is 12.5. The molecule has 0 spiro atoms. The summed E-state index contributed by atoms with van der Waals surface area (Å²) < 4.78 is 4.98. The number of carbonyl (C=O) groups is 4. The molecule has 4 amide bonds. The average molecular weight is 1390 g/mol. The Bertz CT molecular complexity index is 5480. The van der Waals surface area contributed by atoms with Gasteiger partial charge >= 0.3 is 5.91 Å². The molecule has 10 N–H and O–H groups in total. The monoisotopic (exact) mass is 1390 g/mol. The summed E-state index contributed by atoms with van der Waals surface area (Å²) in [5.41, 5.74) is 16.8. The van der Waals surface area contributed by atoms with E-state index in [0.29, 0.717) is 56.1 Å². The number of phenols is 5. The van der Waals surface area contributed by atoms with E-state index in [2.05, 4.69) is 47.1 Å². The molecule has 0 radical (unpaired) electrons. The highest BCUT2D eigenvalue weighted by Gasteiger charge is 2.17. The number of hydrazone groups is 4. The summed E-state index contributed by atoms with van der Waals surface area (Å²) in [7, 11) is 0. The van der Waals surface area contributed by atoms with Crippen LogP contribution in [0.5, 0.6) is 28.7 Å². The number of nitrogens with one attached hydrogen (secondary N) is 5. The number of aromatic amines is 1. The number of nitrogens with zero attached hydrogens (tertiary/aromatic N) is 4. The Morgan fingerprint density at radius 2 is 0.702 bits per heavy atom. The van der Waals surface area contributed by atoms with Crippen LogP contribution in [-0.4, -0.2) is 77.0 Å². The lowest BCUT2D eigenvalue weighted by Gasteiger charge is -2.09. The van der Waals surface area contributed by atoms with Crippen LogP contribution in [-0.2, 0) is 11.2 Å². The molecule has 19 nitrogen and oxygen atoms in total. The lowest BCUT2D eigenvalue weighted by atomic mass is 10.0. The van der Waals surface area contributed by atoms with E-state index in [1.165, 1.54) is 6.26 Å². The Kier molecular flexibility index (Phi) is 26.8. The zero-order valence-corrected chi connectivity index (χ0v) is 54.6. The quantitative estimate of drug-likeness (QED) is 0.0384. The Morgan fingerprint density at radius 3 is 1.12 bits per heavy atom. The molecular formula is C85H83N9O10. The number of aromatic nitrogens is 1. The van der Waals surface area contributed by atoms with Gasteiger partial charge in [0.15, 0.2) is 5.76 Å². The Hall–Kier alpha value is -13.7. The first-order chi connectivity index (χ1) is 48.5. The first kappa shape index (κ1) is 77.7. The fourth-order valence-electron chi connectivity index (χ4n) is 11.0. The second-order valence-electron chi connectivity index (χ2n) is 23.0. The van der Waals surface area contributed by atoms with Crippen LogP contribution in [0.2, 0.25) is 0 Å². The summed E-state index contributed by atoms with van der Waals surface area (Å²) in [5.74, 6) is -0.818. The van der Waals surface area contributed by atoms with Crippen molar-refractivity contribution in [3.63, 3.8) is 0 Å². The Labute approximate surface area is 602 Å². The lowest BCUT2D eigenvalue weighted by Crippen LogP contribution is -2.21. The van der Waals surface area contributed by atoms with Gasteiger partial charge in [-0.15, -0.1) is 0 Å². The minimum atomic E-state index is -0.525. The van der Waals surface area contributed by atoms with Gasteiger partial charge in [0, 0.05) is 60.6 Å². The van der Waals surface area contributed by atoms with E-state index < -0.39 is 11.8 Å². The number of H-pyrrole nitrogens is 1. The number of hydrogen-bond donors (Lipinski definition) is 10. The average Bonchev–Trinajstić information content (AvgIpc) is 1.18. The third-order valence-electron chi connectivity index (χ3n) is 16.3. The molecule has 0 saturated carbocycles. The molecule has 0 atom stereocenters. The van der Waals surface area contributed by atoms with Gasteiger partial charge in [0.25, 0.3) is 11.8 Å². The molecule has 12 aromatic carbocycles. The Morgan fingerprint density at radius 1 is 0.346 bits per heavy atom. The maximum Gasteiger partial charge on any atom is 0.307 e. The number of benzene rings is 12. The summed E-state index contributed by atoms with van der Waals surface area (Å²) in [6.07, 6.45) is 1.62. The summed E-state index contributed by atoms with van der Waals surface area (Å²) in [5, 5.41) is 77.8. The van der Waals surface area contributed by atoms with Crippen molar-refractivity contribution in [2.45, 2.75) is 63.8 Å². The van der Waals surface area contributed by atoms with Gasteiger partial charge < -0.3 is 34.9 Å². The predicted octanol–water partition coefficient (Wildman–Crippen LogP) is 18.2. The minimum absolute atomic E-state index is 0. The molecule has 0 fully saturated rings. The van der Waals surface area contributed by atoms with Gasteiger partial charge in [-0.05, 0) is 138 Å². The number of furan rings is 1. The van der Waals surface area contributed by atoms with E-state index >= 15 is 0 Å². The molecule has 0 bridgehead atoms. The van der Waals surface area contributed by atoms with E-state index in [1.54, 1.807) is 100 Å². The fourth-order valence-corrected chi connectivity index (χ4v) is 11.0. The van der Waals surface area contributed by atoms with Crippen LogP contribution in [0.3, 0.4) is 0 Å². The third-order valence-corrected chi connectivity index (χ3v) is 16.3. The fraction of sp³-hybridized carbons (Fsp3) is 0.106. The maximum atomic E-state index is 12.5. The second kappa shape index (κ2) is 35.9. The number of rotatable bonds is 13. The molecule has 0 aliphatic heterocycles. The van der Waals surface area contributed by atoms with Gasteiger partial charge in [-0.3, -0.25) is 19.2 Å². The van der Waals surface area contributed by atoms with Crippen molar-refractivity contribution in [2.24, 2.45) is 20.4 Å². The first-order valence-electron chi connectivity index (χ1n) is 31.6. The van der Waals surface area contributed by atoms with Gasteiger partial charge in [0.2, 0.25) is 5.91 Å². The molecule has 0 aliphatic carbocycles. The molecule has 0 aliphatic rings. The van der Waals surface area contributed by atoms with Crippen LogP contribution in [0.15, 0.2) is 286 Å². The van der Waals surface area contributed by atoms with E-state index in [1.807, 2.05) is 182 Å². The number of para-hydroxylation sites is 1. The summed E-state index contributed by atoms with van der Waals surface area (Å²) in [6, 6.07) is 77.5. The lowest BCUT2D eigenvalue weighted by molar-refractivity contribution is -0.120. The zero-order chi connectivity index (χ0) is 70.2. The highest BCUT2D eigenvalue weighted by atomic mass is 16.3. The van der Waals surface area contributed by atoms with Crippen LogP contribution < -0.4 is 21.7 Å². The van der Waals surface area contributed by atoms with E-state index in [-0.39, 0.29) is 88.0 Å². The normalized spacial score (nSPS) is 11.2. The number of carbonyl (C=O) groups excluding carboxylic acids is 4. The van der Waals surface area contributed by atoms with Gasteiger partial charge in [-0.1, -0.05) is 212 Å². The SMILES string of the molecule is C.C.C.C.C/C(=N\NC(=O)Cc1cc2ccccc2[nH]1)c1ccc2ccccc2c1O.C/C(=N\NC(=O)c1cc2ccccc2cc1O)c1ccc2ccccc2c1O.C/C(=N\NC(=O)c1ccccc1)c1ccc2ccccc2c1O.C/C(=N\NC(=O)c1ccco1)c1ccc2ccccc2c1O. The number of fused-ring (bicyclic) bond motifs is 6. The Balaban J connectivity index is 0.000000192. The van der Waals surface area contributed by atoms with Crippen LogP contribution in [0.4, 0.5) is 0 Å². The highest BCUT2D eigenvalue weighted by Crippen LogP contribution is 2.33. The van der Waals surface area contributed by atoms with Crippen LogP contribution in [0, 0.1) is 0 Å². The molecular weight excluding hydrogens is 1310 g/mol.